The van der Waals surface area contributed by atoms with Gasteiger partial charge in [-0.25, -0.2) is 0 Å². The third kappa shape index (κ3) is 4.19. The number of carbonyl (C=O) groups is 1. The van der Waals surface area contributed by atoms with Crippen LogP contribution in [-0.2, 0) is 4.79 Å². The number of benzene rings is 2. The van der Waals surface area contributed by atoms with Crippen molar-refractivity contribution in [3.05, 3.63) is 51.5 Å². The minimum absolute atomic E-state index is 0.213. The number of amides is 1. The van der Waals surface area contributed by atoms with E-state index in [-0.39, 0.29) is 16.7 Å². The molecule has 4 nitrogen and oxygen atoms in total. The molecule has 7 heteroatoms. The number of nitrogens with one attached hydrogen (secondary N) is 1. The quantitative estimate of drug-likeness (QED) is 0.842. The van der Waals surface area contributed by atoms with Crippen LogP contribution >= 0.6 is 34.8 Å². The van der Waals surface area contributed by atoms with Gasteiger partial charge in [0.1, 0.15) is 0 Å². The van der Waals surface area contributed by atoms with Gasteiger partial charge in [0.25, 0.3) is 5.91 Å². The predicted octanol–water partition coefficient (Wildman–Crippen LogP) is 4.67. The molecule has 0 bridgehead atoms. The molecule has 0 saturated heterocycles. The largest absolute Gasteiger partial charge is 0.493 e. The molecule has 2 rings (SSSR count). The molecule has 2 aromatic carbocycles. The summed E-state index contributed by atoms with van der Waals surface area (Å²) in [6.07, 6.45) is 0. The lowest BCUT2D eigenvalue weighted by Crippen LogP contribution is -2.20. The van der Waals surface area contributed by atoms with Gasteiger partial charge >= 0.3 is 0 Å². The topological polar surface area (TPSA) is 47.6 Å². The molecule has 0 aliphatic rings. The minimum atomic E-state index is -0.406. The smallest absolute Gasteiger partial charge is 0.262 e. The first-order valence-corrected chi connectivity index (χ1v) is 7.35. The van der Waals surface area contributed by atoms with E-state index in [1.807, 2.05) is 0 Å². The molecule has 0 aromatic heterocycles. The zero-order chi connectivity index (χ0) is 16.1. The maximum atomic E-state index is 11.9. The van der Waals surface area contributed by atoms with Crippen molar-refractivity contribution in [2.45, 2.75) is 0 Å². The average Bonchev–Trinajstić information content (AvgIpc) is 2.49. The second-order valence-corrected chi connectivity index (χ2v) is 5.48. The molecular weight excluding hydrogens is 349 g/mol. The standard InChI is InChI=1S/C15H12Cl3NO3/c1-21-12-4-2-3-5-13(12)22-8-14(20)19-15-10(17)6-9(16)7-11(15)18/h2-7H,8H2,1H3,(H,19,20). The molecule has 2 aromatic rings. The average molecular weight is 361 g/mol. The Morgan fingerprint density at radius 1 is 1.09 bits per heavy atom. The van der Waals surface area contributed by atoms with Gasteiger partial charge in [-0.05, 0) is 24.3 Å². The summed E-state index contributed by atoms with van der Waals surface area (Å²) in [4.78, 5) is 11.9. The van der Waals surface area contributed by atoms with E-state index in [2.05, 4.69) is 5.32 Å². The predicted molar refractivity (Wildman–Crippen MR) is 88.6 cm³/mol. The zero-order valence-corrected chi connectivity index (χ0v) is 13.8. The molecule has 0 fully saturated rings. The Kier molecular flexibility index (Phi) is 5.77. The van der Waals surface area contributed by atoms with Crippen molar-refractivity contribution < 1.29 is 14.3 Å². The molecule has 0 heterocycles. The van der Waals surface area contributed by atoms with Crippen LogP contribution in [0, 0.1) is 0 Å². The van der Waals surface area contributed by atoms with Crippen molar-refractivity contribution in [2.24, 2.45) is 0 Å². The molecule has 22 heavy (non-hydrogen) atoms. The summed E-state index contributed by atoms with van der Waals surface area (Å²) in [6.45, 7) is -0.213. The number of para-hydroxylation sites is 2. The van der Waals surface area contributed by atoms with Gasteiger partial charge in [-0.3, -0.25) is 4.79 Å². The van der Waals surface area contributed by atoms with Gasteiger partial charge < -0.3 is 14.8 Å². The van der Waals surface area contributed by atoms with Gasteiger partial charge in [0.15, 0.2) is 18.1 Å². The van der Waals surface area contributed by atoms with Crippen LogP contribution < -0.4 is 14.8 Å². The highest BCUT2D eigenvalue weighted by Gasteiger charge is 2.12. The number of ether oxygens (including phenoxy) is 2. The summed E-state index contributed by atoms with van der Waals surface area (Å²) in [5.41, 5.74) is 0.293. The van der Waals surface area contributed by atoms with Crippen LogP contribution in [0.1, 0.15) is 0 Å². The van der Waals surface area contributed by atoms with Crippen molar-refractivity contribution in [3.8, 4) is 11.5 Å². The van der Waals surface area contributed by atoms with Crippen molar-refractivity contribution in [1.82, 2.24) is 0 Å². The van der Waals surface area contributed by atoms with Gasteiger partial charge in [0.2, 0.25) is 0 Å². The normalized spacial score (nSPS) is 10.2. The van der Waals surface area contributed by atoms with E-state index < -0.39 is 5.91 Å². The summed E-state index contributed by atoms with van der Waals surface area (Å²) in [7, 11) is 1.52. The Bertz CT molecular complexity index is 668. The van der Waals surface area contributed by atoms with Gasteiger partial charge in [0.05, 0.1) is 22.8 Å². The first-order chi connectivity index (χ1) is 10.5. The highest BCUT2D eigenvalue weighted by molar-refractivity contribution is 6.42. The van der Waals surface area contributed by atoms with E-state index in [9.17, 15) is 4.79 Å². The van der Waals surface area contributed by atoms with Crippen molar-refractivity contribution >= 4 is 46.4 Å². The number of hydrogen-bond donors (Lipinski definition) is 1. The van der Waals surface area contributed by atoms with Crippen LogP contribution in [0.25, 0.3) is 0 Å². The summed E-state index contributed by atoms with van der Waals surface area (Å²) in [6, 6.07) is 10.0. The second kappa shape index (κ2) is 7.58. The van der Waals surface area contributed by atoms with Gasteiger partial charge in [-0.1, -0.05) is 46.9 Å². The molecule has 0 spiro atoms. The lowest BCUT2D eigenvalue weighted by molar-refractivity contribution is -0.118. The van der Waals surface area contributed by atoms with Crippen molar-refractivity contribution in [1.29, 1.82) is 0 Å². The molecule has 1 N–H and O–H groups in total. The molecule has 0 unspecified atom stereocenters. The molecule has 116 valence electrons. The van der Waals surface area contributed by atoms with Crippen LogP contribution in [0.5, 0.6) is 11.5 Å². The SMILES string of the molecule is COc1ccccc1OCC(=O)Nc1c(Cl)cc(Cl)cc1Cl. The first kappa shape index (κ1) is 16.7. The number of rotatable bonds is 5. The molecule has 1 amide bonds. The fourth-order valence-electron chi connectivity index (χ4n) is 1.72. The van der Waals surface area contributed by atoms with E-state index in [4.69, 9.17) is 44.3 Å². The lowest BCUT2D eigenvalue weighted by atomic mass is 10.3. The number of halogens is 3. The summed E-state index contributed by atoms with van der Waals surface area (Å²) < 4.78 is 10.5. The molecule has 0 aliphatic carbocycles. The number of carbonyl (C=O) groups excluding carboxylic acids is 1. The summed E-state index contributed by atoms with van der Waals surface area (Å²) in [5.74, 6) is 0.600. The third-order valence-electron chi connectivity index (χ3n) is 2.70. The first-order valence-electron chi connectivity index (χ1n) is 6.21. The molecular formula is C15H12Cl3NO3. The molecule has 0 saturated carbocycles. The van der Waals surface area contributed by atoms with Gasteiger partial charge in [0, 0.05) is 5.02 Å². The van der Waals surface area contributed by atoms with Crippen LogP contribution in [-0.4, -0.2) is 19.6 Å². The minimum Gasteiger partial charge on any atom is -0.493 e. The van der Waals surface area contributed by atoms with E-state index in [1.165, 1.54) is 19.2 Å². The Morgan fingerprint density at radius 2 is 1.68 bits per heavy atom. The highest BCUT2D eigenvalue weighted by Crippen LogP contribution is 2.33. The van der Waals surface area contributed by atoms with Crippen LogP contribution in [0.3, 0.4) is 0 Å². The Balaban J connectivity index is 2.02. The highest BCUT2D eigenvalue weighted by atomic mass is 35.5. The Hall–Kier alpha value is -1.62. The molecule has 0 radical (unpaired) electrons. The maximum Gasteiger partial charge on any atom is 0.262 e. The molecule has 0 aliphatic heterocycles. The summed E-state index contributed by atoms with van der Waals surface area (Å²) in [5, 5.41) is 3.48. The van der Waals surface area contributed by atoms with Crippen LogP contribution in [0.2, 0.25) is 15.1 Å². The fourth-order valence-corrected chi connectivity index (χ4v) is 2.63. The van der Waals surface area contributed by atoms with Crippen molar-refractivity contribution in [2.75, 3.05) is 19.0 Å². The lowest BCUT2D eigenvalue weighted by Gasteiger charge is -2.12. The zero-order valence-electron chi connectivity index (χ0n) is 11.5. The van der Waals surface area contributed by atoms with Gasteiger partial charge in [-0.2, -0.15) is 0 Å². The fraction of sp³-hybridized carbons (Fsp3) is 0.133. The van der Waals surface area contributed by atoms with Crippen molar-refractivity contribution in [3.63, 3.8) is 0 Å². The maximum absolute atomic E-state index is 11.9. The monoisotopic (exact) mass is 359 g/mol. The number of methoxy groups -OCH3 is 1. The number of anilines is 1. The Morgan fingerprint density at radius 3 is 2.27 bits per heavy atom. The van der Waals surface area contributed by atoms with Gasteiger partial charge in [-0.15, -0.1) is 0 Å². The van der Waals surface area contributed by atoms with Crippen LogP contribution in [0.4, 0.5) is 5.69 Å². The molecule has 0 atom stereocenters. The summed E-state index contributed by atoms with van der Waals surface area (Å²) >= 11 is 17.8. The van der Waals surface area contributed by atoms with Crippen LogP contribution in [0.15, 0.2) is 36.4 Å². The Labute approximate surface area is 142 Å². The van der Waals surface area contributed by atoms with E-state index in [0.717, 1.165) is 0 Å². The number of hydrogen-bond acceptors (Lipinski definition) is 3. The van der Waals surface area contributed by atoms with E-state index in [0.29, 0.717) is 22.2 Å². The third-order valence-corrected chi connectivity index (χ3v) is 3.51. The van der Waals surface area contributed by atoms with E-state index in [1.54, 1.807) is 24.3 Å². The second-order valence-electron chi connectivity index (χ2n) is 4.23. The van der Waals surface area contributed by atoms with E-state index >= 15 is 0 Å².